The van der Waals surface area contributed by atoms with Gasteiger partial charge in [-0.15, -0.1) is 0 Å². The fourth-order valence-electron chi connectivity index (χ4n) is 1.12. The van der Waals surface area contributed by atoms with E-state index in [4.69, 9.17) is 17.3 Å². The molecule has 2 rings (SSSR count). The molecule has 0 fully saturated rings. The van der Waals surface area contributed by atoms with E-state index in [1.54, 1.807) is 6.07 Å². The topological polar surface area (TPSA) is 68.8 Å². The molecule has 0 bridgehead atoms. The molecule has 14 heavy (non-hydrogen) atoms. The first-order chi connectivity index (χ1) is 6.68. The first kappa shape index (κ1) is 8.96. The molecule has 0 aliphatic heterocycles. The molecule has 2 aromatic rings. The zero-order chi connectivity index (χ0) is 10.1. The standard InChI is InChI=1S/C8H8ClN4O/c1-5-6(9)3-2-4-7(5)13-11-8(10)14-12-13/h2-4H,1H3,(H2,10,11,12)/q+1. The number of nitrogen functional groups attached to an aromatic ring is 1. The molecule has 5 nitrogen and oxygen atoms in total. The fourth-order valence-corrected chi connectivity index (χ4v) is 1.29. The van der Waals surface area contributed by atoms with Gasteiger partial charge in [0.15, 0.2) is 0 Å². The van der Waals surface area contributed by atoms with Crippen molar-refractivity contribution < 1.29 is 9.32 Å². The lowest BCUT2D eigenvalue weighted by atomic mass is 10.2. The van der Waals surface area contributed by atoms with Crippen molar-refractivity contribution in [3.8, 4) is 5.69 Å². The minimum absolute atomic E-state index is 0.0179. The molecular formula is C8H8ClN4O+. The Balaban J connectivity index is 2.57. The Morgan fingerprint density at radius 2 is 2.29 bits per heavy atom. The van der Waals surface area contributed by atoms with Crippen LogP contribution in [-0.2, 0) is 0 Å². The van der Waals surface area contributed by atoms with Crippen LogP contribution in [0.5, 0.6) is 0 Å². The molecule has 1 aromatic heterocycles. The van der Waals surface area contributed by atoms with Crippen LogP contribution in [0, 0.1) is 6.92 Å². The van der Waals surface area contributed by atoms with E-state index in [9.17, 15) is 0 Å². The molecule has 1 aromatic carbocycles. The summed E-state index contributed by atoms with van der Waals surface area (Å²) in [5.74, 6) is 0. The summed E-state index contributed by atoms with van der Waals surface area (Å²) in [6.45, 7) is 1.87. The van der Waals surface area contributed by atoms with E-state index < -0.39 is 0 Å². The van der Waals surface area contributed by atoms with E-state index in [1.165, 1.54) is 4.80 Å². The number of rotatable bonds is 1. The maximum absolute atomic E-state index is 5.94. The molecule has 0 atom stereocenters. The number of hydrogen-bond donors (Lipinski definition) is 1. The Morgan fingerprint density at radius 3 is 2.93 bits per heavy atom. The van der Waals surface area contributed by atoms with Gasteiger partial charge >= 0.3 is 6.01 Å². The summed E-state index contributed by atoms with van der Waals surface area (Å²) < 4.78 is 4.65. The normalized spacial score (nSPS) is 10.4. The van der Waals surface area contributed by atoms with Crippen LogP contribution in [-0.4, -0.2) is 10.4 Å². The number of aromatic nitrogens is 3. The van der Waals surface area contributed by atoms with E-state index in [2.05, 4.69) is 14.9 Å². The maximum atomic E-state index is 5.94. The molecule has 0 spiro atoms. The molecule has 72 valence electrons. The second-order valence-electron chi connectivity index (χ2n) is 2.78. The average molecular weight is 212 g/mol. The second-order valence-corrected chi connectivity index (χ2v) is 3.19. The number of nitrogens with two attached hydrogens (primary N) is 1. The lowest BCUT2D eigenvalue weighted by molar-refractivity contribution is -0.725. The minimum atomic E-state index is 0.0179. The van der Waals surface area contributed by atoms with Gasteiger partial charge in [0, 0.05) is 11.6 Å². The summed E-state index contributed by atoms with van der Waals surface area (Å²) in [5.41, 5.74) is 6.93. The van der Waals surface area contributed by atoms with Gasteiger partial charge in [0.2, 0.25) is 5.27 Å². The van der Waals surface area contributed by atoms with E-state index in [0.717, 1.165) is 11.3 Å². The largest absolute Gasteiger partial charge is 0.387 e. The smallest absolute Gasteiger partial charge is 0.346 e. The molecule has 6 heteroatoms. The number of hydrogen-bond acceptors (Lipinski definition) is 4. The van der Waals surface area contributed by atoms with Gasteiger partial charge in [-0.1, -0.05) is 17.7 Å². The molecule has 0 radical (unpaired) electrons. The summed E-state index contributed by atoms with van der Waals surface area (Å²) in [6, 6.07) is 5.45. The summed E-state index contributed by atoms with van der Waals surface area (Å²) >= 11 is 5.94. The van der Waals surface area contributed by atoms with E-state index in [1.807, 2.05) is 19.1 Å². The Kier molecular flexibility index (Phi) is 2.09. The quantitative estimate of drug-likeness (QED) is 0.712. The summed E-state index contributed by atoms with van der Waals surface area (Å²) in [5, 5.41) is 8.13. The van der Waals surface area contributed by atoms with Crippen LogP contribution in [0.15, 0.2) is 22.7 Å². The molecule has 0 aliphatic rings. The van der Waals surface area contributed by atoms with Gasteiger partial charge in [-0.25, -0.2) is 0 Å². The first-order valence-corrected chi connectivity index (χ1v) is 4.33. The molecule has 0 amide bonds. The van der Waals surface area contributed by atoms with Crippen LogP contribution in [0.3, 0.4) is 0 Å². The molecule has 0 saturated heterocycles. The third-order valence-electron chi connectivity index (χ3n) is 1.86. The lowest BCUT2D eigenvalue weighted by Crippen LogP contribution is -2.36. The van der Waals surface area contributed by atoms with Crippen molar-refractivity contribution in [2.45, 2.75) is 6.92 Å². The van der Waals surface area contributed by atoms with Gasteiger partial charge in [0.25, 0.3) is 5.69 Å². The van der Waals surface area contributed by atoms with Crippen molar-refractivity contribution in [2.24, 2.45) is 0 Å². The van der Waals surface area contributed by atoms with E-state index in [0.29, 0.717) is 5.02 Å². The van der Waals surface area contributed by atoms with Crippen LogP contribution in [0.25, 0.3) is 5.69 Å². The number of anilines is 1. The molecule has 0 saturated carbocycles. The molecule has 0 aliphatic carbocycles. The van der Waals surface area contributed by atoms with Gasteiger partial charge in [0.1, 0.15) is 4.80 Å². The third kappa shape index (κ3) is 1.42. The van der Waals surface area contributed by atoms with Crippen molar-refractivity contribution in [3.63, 3.8) is 0 Å². The highest BCUT2D eigenvalue weighted by Gasteiger charge is 2.19. The van der Waals surface area contributed by atoms with Crippen LogP contribution in [0.1, 0.15) is 5.56 Å². The average Bonchev–Trinajstić information content (AvgIpc) is 2.57. The minimum Gasteiger partial charge on any atom is -0.346 e. The van der Waals surface area contributed by atoms with Gasteiger partial charge in [0.05, 0.1) is 10.1 Å². The SMILES string of the molecule is Cc1c(Cl)cccc1-[n+]1noc(N)n1. The van der Waals surface area contributed by atoms with Crippen molar-refractivity contribution in [2.75, 3.05) is 5.73 Å². The summed E-state index contributed by atoms with van der Waals surface area (Å²) in [7, 11) is 0. The third-order valence-corrected chi connectivity index (χ3v) is 2.27. The van der Waals surface area contributed by atoms with Crippen molar-refractivity contribution in [1.29, 1.82) is 0 Å². The van der Waals surface area contributed by atoms with Crippen LogP contribution < -0.4 is 10.5 Å². The van der Waals surface area contributed by atoms with Gasteiger partial charge in [-0.3, -0.25) is 4.52 Å². The number of nitrogens with zero attached hydrogens (tertiary/aromatic N) is 3. The predicted octanol–water partition coefficient (Wildman–Crippen LogP) is 0.890. The van der Waals surface area contributed by atoms with Crippen LogP contribution >= 0.6 is 11.6 Å². The molecule has 2 N–H and O–H groups in total. The number of halogens is 1. The zero-order valence-electron chi connectivity index (χ0n) is 7.44. The van der Waals surface area contributed by atoms with Gasteiger partial charge in [-0.2, -0.15) is 0 Å². The molecule has 1 heterocycles. The van der Waals surface area contributed by atoms with Gasteiger partial charge in [-0.05, 0) is 13.0 Å². The molecular weight excluding hydrogens is 204 g/mol. The van der Waals surface area contributed by atoms with Crippen LogP contribution in [0.2, 0.25) is 5.02 Å². The highest BCUT2D eigenvalue weighted by molar-refractivity contribution is 6.31. The number of benzene rings is 1. The van der Waals surface area contributed by atoms with E-state index in [-0.39, 0.29) is 6.01 Å². The zero-order valence-corrected chi connectivity index (χ0v) is 8.19. The van der Waals surface area contributed by atoms with Gasteiger partial charge < -0.3 is 5.73 Å². The van der Waals surface area contributed by atoms with Crippen LogP contribution in [0.4, 0.5) is 6.01 Å². The molecule has 0 unspecified atom stereocenters. The Bertz CT molecular complexity index is 468. The second kappa shape index (κ2) is 3.26. The van der Waals surface area contributed by atoms with Crippen molar-refractivity contribution in [1.82, 2.24) is 10.4 Å². The fraction of sp³-hybridized carbons (Fsp3) is 0.125. The van der Waals surface area contributed by atoms with E-state index >= 15 is 0 Å². The highest BCUT2D eigenvalue weighted by atomic mass is 35.5. The summed E-state index contributed by atoms with van der Waals surface area (Å²) in [4.78, 5) is 1.30. The first-order valence-electron chi connectivity index (χ1n) is 3.96. The Hall–Kier alpha value is -1.62. The van der Waals surface area contributed by atoms with Crippen molar-refractivity contribution in [3.05, 3.63) is 28.8 Å². The lowest BCUT2D eigenvalue weighted by Gasteiger charge is -1.94. The summed E-state index contributed by atoms with van der Waals surface area (Å²) in [6.07, 6.45) is 0. The monoisotopic (exact) mass is 211 g/mol. The predicted molar refractivity (Wildman–Crippen MR) is 50.0 cm³/mol. The highest BCUT2D eigenvalue weighted by Crippen LogP contribution is 2.17. The van der Waals surface area contributed by atoms with Crippen molar-refractivity contribution >= 4 is 17.6 Å². The maximum Gasteiger partial charge on any atom is 0.387 e. The Labute approximate surface area is 85.0 Å². The Morgan fingerprint density at radius 1 is 1.50 bits per heavy atom.